The fourth-order valence-electron chi connectivity index (χ4n) is 2.33. The summed E-state index contributed by atoms with van der Waals surface area (Å²) in [4.78, 5) is 22.7. The van der Waals surface area contributed by atoms with Crippen LogP contribution in [-0.4, -0.2) is 25.1 Å². The molecule has 0 aliphatic carbocycles. The number of nitro groups is 1. The van der Waals surface area contributed by atoms with Crippen molar-refractivity contribution in [2.24, 2.45) is 0 Å². The molecule has 2 aromatic carbocycles. The van der Waals surface area contributed by atoms with E-state index in [4.69, 9.17) is 9.47 Å². The van der Waals surface area contributed by atoms with Gasteiger partial charge in [0.15, 0.2) is 11.5 Å². The molecule has 0 aromatic heterocycles. The second kappa shape index (κ2) is 7.45. The van der Waals surface area contributed by atoms with E-state index in [0.717, 1.165) is 5.56 Å². The van der Waals surface area contributed by atoms with Crippen molar-refractivity contribution in [2.45, 2.75) is 13.3 Å². The van der Waals surface area contributed by atoms with Crippen LogP contribution in [0.2, 0.25) is 0 Å². The lowest BCUT2D eigenvalue weighted by atomic mass is 10.1. The highest BCUT2D eigenvalue weighted by Crippen LogP contribution is 2.28. The normalized spacial score (nSPS) is 10.1. The van der Waals surface area contributed by atoms with Crippen molar-refractivity contribution in [3.63, 3.8) is 0 Å². The van der Waals surface area contributed by atoms with Gasteiger partial charge >= 0.3 is 0 Å². The van der Waals surface area contributed by atoms with Crippen LogP contribution in [0.4, 0.5) is 11.4 Å². The molecule has 0 saturated carbocycles. The Morgan fingerprint density at radius 1 is 1.17 bits per heavy atom. The third kappa shape index (κ3) is 3.81. The predicted octanol–water partition coefficient (Wildman–Crippen LogP) is 3.10. The zero-order chi connectivity index (χ0) is 17.7. The van der Waals surface area contributed by atoms with E-state index in [2.05, 4.69) is 5.32 Å². The summed E-state index contributed by atoms with van der Waals surface area (Å²) in [5.74, 6) is 0.844. The Hall–Kier alpha value is -3.09. The second-order valence-corrected chi connectivity index (χ2v) is 5.12. The smallest absolute Gasteiger partial charge is 0.274 e. The van der Waals surface area contributed by atoms with Gasteiger partial charge < -0.3 is 14.8 Å². The van der Waals surface area contributed by atoms with Crippen LogP contribution in [0, 0.1) is 17.0 Å². The first-order valence-electron chi connectivity index (χ1n) is 7.21. The van der Waals surface area contributed by atoms with Gasteiger partial charge in [0, 0.05) is 6.07 Å². The number of amides is 1. The van der Waals surface area contributed by atoms with Gasteiger partial charge in [0.25, 0.3) is 5.69 Å². The third-order valence-electron chi connectivity index (χ3n) is 3.59. The first-order chi connectivity index (χ1) is 11.5. The quantitative estimate of drug-likeness (QED) is 0.649. The highest BCUT2D eigenvalue weighted by molar-refractivity contribution is 5.93. The maximum absolute atomic E-state index is 12.2. The van der Waals surface area contributed by atoms with Crippen LogP contribution in [0.1, 0.15) is 11.1 Å². The number of hydrogen-bond acceptors (Lipinski definition) is 5. The summed E-state index contributed by atoms with van der Waals surface area (Å²) in [6.45, 7) is 1.60. The lowest BCUT2D eigenvalue weighted by molar-refractivity contribution is -0.385. The molecule has 7 heteroatoms. The van der Waals surface area contributed by atoms with Gasteiger partial charge in [0.2, 0.25) is 5.91 Å². The SMILES string of the molecule is COc1ccc(CC(=O)Nc2cccc([N+](=O)[O-])c2C)cc1OC. The molecule has 0 unspecified atom stereocenters. The molecule has 0 saturated heterocycles. The molecule has 0 fully saturated rings. The highest BCUT2D eigenvalue weighted by Gasteiger charge is 2.15. The number of methoxy groups -OCH3 is 2. The maximum Gasteiger partial charge on any atom is 0.274 e. The number of ether oxygens (including phenoxy) is 2. The van der Waals surface area contributed by atoms with Gasteiger partial charge in [0.05, 0.1) is 36.8 Å². The molecule has 0 aliphatic rings. The lowest BCUT2D eigenvalue weighted by Crippen LogP contribution is -2.15. The van der Waals surface area contributed by atoms with E-state index in [1.165, 1.54) is 26.4 Å². The van der Waals surface area contributed by atoms with E-state index >= 15 is 0 Å². The van der Waals surface area contributed by atoms with Crippen LogP contribution in [0.25, 0.3) is 0 Å². The van der Waals surface area contributed by atoms with E-state index in [1.807, 2.05) is 0 Å². The maximum atomic E-state index is 12.2. The van der Waals surface area contributed by atoms with Crippen LogP contribution < -0.4 is 14.8 Å². The van der Waals surface area contributed by atoms with Gasteiger partial charge in [-0.3, -0.25) is 14.9 Å². The summed E-state index contributed by atoms with van der Waals surface area (Å²) in [6, 6.07) is 9.78. The van der Waals surface area contributed by atoms with Gasteiger partial charge in [-0.15, -0.1) is 0 Å². The molecule has 0 aliphatic heterocycles. The van der Waals surface area contributed by atoms with Crippen LogP contribution in [0.5, 0.6) is 11.5 Å². The third-order valence-corrected chi connectivity index (χ3v) is 3.59. The van der Waals surface area contributed by atoms with Crippen LogP contribution in [-0.2, 0) is 11.2 Å². The Kier molecular flexibility index (Phi) is 5.36. The lowest BCUT2D eigenvalue weighted by Gasteiger charge is -2.11. The number of benzene rings is 2. The average molecular weight is 330 g/mol. The van der Waals surface area contributed by atoms with Crippen molar-refractivity contribution < 1.29 is 19.2 Å². The Balaban J connectivity index is 2.14. The molecule has 0 spiro atoms. The number of nitro benzene ring substituents is 1. The second-order valence-electron chi connectivity index (χ2n) is 5.12. The minimum absolute atomic E-state index is 0.0288. The number of rotatable bonds is 6. The predicted molar refractivity (Wildman–Crippen MR) is 89.7 cm³/mol. The highest BCUT2D eigenvalue weighted by atomic mass is 16.6. The van der Waals surface area contributed by atoms with E-state index in [9.17, 15) is 14.9 Å². The Labute approximate surface area is 139 Å². The summed E-state index contributed by atoms with van der Waals surface area (Å²) >= 11 is 0. The van der Waals surface area contributed by atoms with E-state index in [1.54, 1.807) is 31.2 Å². The molecular formula is C17H18N2O5. The molecule has 0 bridgehead atoms. The number of hydrogen-bond donors (Lipinski definition) is 1. The van der Waals surface area contributed by atoms with Crippen molar-refractivity contribution in [2.75, 3.05) is 19.5 Å². The first-order valence-corrected chi connectivity index (χ1v) is 7.21. The molecule has 24 heavy (non-hydrogen) atoms. The molecule has 0 atom stereocenters. The van der Waals surface area contributed by atoms with Gasteiger partial charge in [-0.2, -0.15) is 0 Å². The number of anilines is 1. The molecule has 7 nitrogen and oxygen atoms in total. The summed E-state index contributed by atoms with van der Waals surface area (Å²) in [5.41, 5.74) is 1.56. The first kappa shape index (κ1) is 17.3. The van der Waals surface area contributed by atoms with E-state index in [0.29, 0.717) is 22.7 Å². The zero-order valence-electron chi connectivity index (χ0n) is 13.7. The van der Waals surface area contributed by atoms with Crippen molar-refractivity contribution >= 4 is 17.3 Å². The molecule has 2 aromatic rings. The van der Waals surface area contributed by atoms with Crippen LogP contribution in [0.15, 0.2) is 36.4 Å². The zero-order valence-corrected chi connectivity index (χ0v) is 13.7. The molecule has 1 N–H and O–H groups in total. The van der Waals surface area contributed by atoms with Crippen molar-refractivity contribution in [1.29, 1.82) is 0 Å². The fraction of sp³-hybridized carbons (Fsp3) is 0.235. The number of nitrogens with zero attached hydrogens (tertiary/aromatic N) is 1. The number of carbonyl (C=O) groups is 1. The van der Waals surface area contributed by atoms with Crippen LogP contribution >= 0.6 is 0 Å². The molecule has 0 radical (unpaired) electrons. The minimum atomic E-state index is -0.473. The van der Waals surface area contributed by atoms with Gasteiger partial charge in [-0.25, -0.2) is 0 Å². The summed E-state index contributed by atoms with van der Waals surface area (Å²) in [7, 11) is 3.06. The largest absolute Gasteiger partial charge is 0.493 e. The number of carbonyl (C=O) groups excluding carboxylic acids is 1. The molecular weight excluding hydrogens is 312 g/mol. The van der Waals surface area contributed by atoms with Gasteiger partial charge in [0.1, 0.15) is 0 Å². The van der Waals surface area contributed by atoms with Gasteiger partial charge in [-0.1, -0.05) is 12.1 Å². The topological polar surface area (TPSA) is 90.7 Å². The molecule has 0 heterocycles. The molecule has 126 valence electrons. The van der Waals surface area contributed by atoms with E-state index in [-0.39, 0.29) is 18.0 Å². The Morgan fingerprint density at radius 3 is 2.50 bits per heavy atom. The monoisotopic (exact) mass is 330 g/mol. The Morgan fingerprint density at radius 2 is 1.88 bits per heavy atom. The summed E-state index contributed by atoms with van der Waals surface area (Å²) < 4.78 is 10.4. The summed E-state index contributed by atoms with van der Waals surface area (Å²) in [5, 5.41) is 13.7. The summed E-state index contributed by atoms with van der Waals surface area (Å²) in [6.07, 6.45) is 0.114. The average Bonchev–Trinajstić information content (AvgIpc) is 2.56. The minimum Gasteiger partial charge on any atom is -0.493 e. The van der Waals surface area contributed by atoms with Crippen LogP contribution in [0.3, 0.4) is 0 Å². The Bertz CT molecular complexity index is 774. The number of nitrogens with one attached hydrogen (secondary N) is 1. The van der Waals surface area contributed by atoms with Crippen molar-refractivity contribution in [3.05, 3.63) is 57.6 Å². The van der Waals surface area contributed by atoms with Crippen molar-refractivity contribution in [3.8, 4) is 11.5 Å². The fourth-order valence-corrected chi connectivity index (χ4v) is 2.33. The van der Waals surface area contributed by atoms with Crippen molar-refractivity contribution in [1.82, 2.24) is 0 Å². The van der Waals surface area contributed by atoms with Gasteiger partial charge in [-0.05, 0) is 30.7 Å². The molecule has 1 amide bonds. The standard InChI is InChI=1S/C17H18N2O5/c1-11-13(5-4-6-14(11)19(21)22)18-17(20)10-12-7-8-15(23-2)16(9-12)24-3/h4-9H,10H2,1-3H3,(H,18,20). The van der Waals surface area contributed by atoms with E-state index < -0.39 is 4.92 Å². The molecule has 2 rings (SSSR count).